The second-order valence-corrected chi connectivity index (χ2v) is 3.49. The molecule has 0 bridgehead atoms. The molecule has 1 N–H and O–H groups in total. The molecule has 0 aliphatic heterocycles. The van der Waals surface area contributed by atoms with Crippen LogP contribution in [-0.4, -0.2) is 31.2 Å². The third kappa shape index (κ3) is 1.73. The second kappa shape index (κ2) is 3.74. The van der Waals surface area contributed by atoms with Gasteiger partial charge in [-0.15, -0.1) is 0 Å². The van der Waals surface area contributed by atoms with E-state index < -0.39 is 0 Å². The number of benzene rings is 1. The molecule has 0 atom stereocenters. The summed E-state index contributed by atoms with van der Waals surface area (Å²) in [5.74, 6) is 0. The predicted octanol–water partition coefficient (Wildman–Crippen LogP) is -0.374. The molecule has 1 heterocycles. The topological polar surface area (TPSA) is 58.6 Å². The summed E-state index contributed by atoms with van der Waals surface area (Å²) < 4.78 is 0.398. The molecule has 2 rings (SSSR count). The van der Waals surface area contributed by atoms with Crippen LogP contribution in [0.3, 0.4) is 0 Å². The van der Waals surface area contributed by atoms with E-state index in [1.165, 1.54) is 0 Å². The number of nitrogens with zero attached hydrogens (tertiary/aromatic N) is 2. The number of nitrogens with one attached hydrogen (secondary N) is 1. The Bertz CT molecular complexity index is 495. The Labute approximate surface area is 88.2 Å². The Morgan fingerprint density at radius 1 is 1.14 bits per heavy atom. The van der Waals surface area contributed by atoms with Crippen LogP contribution in [0.4, 0.5) is 0 Å². The zero-order chi connectivity index (χ0) is 9.97. The molecule has 0 saturated carbocycles. The van der Waals surface area contributed by atoms with E-state index in [0.717, 1.165) is 5.56 Å². The van der Waals surface area contributed by atoms with Crippen molar-refractivity contribution in [1.29, 1.82) is 0 Å². The number of aromatic nitrogens is 3. The predicted molar refractivity (Wildman–Crippen MR) is 53.5 cm³/mol. The standard InChI is InChI=1S/C9H6N3OSe/c13-8-7(11-12-9(14)10-8)6-4-2-1-3-5-6/h1-5H,(H,10,12,13). The van der Waals surface area contributed by atoms with Crippen molar-refractivity contribution in [2.45, 2.75) is 0 Å². The first kappa shape index (κ1) is 9.12. The zero-order valence-electron chi connectivity index (χ0n) is 7.10. The van der Waals surface area contributed by atoms with Crippen LogP contribution in [0.5, 0.6) is 0 Å². The van der Waals surface area contributed by atoms with Gasteiger partial charge < -0.3 is 0 Å². The van der Waals surface area contributed by atoms with E-state index in [9.17, 15) is 4.79 Å². The molecular formula is C9H6N3OSe. The van der Waals surface area contributed by atoms with E-state index >= 15 is 0 Å². The Kier molecular flexibility index (Phi) is 2.43. The normalized spacial score (nSPS) is 10.0. The monoisotopic (exact) mass is 252 g/mol. The molecule has 0 amide bonds. The molecule has 0 aliphatic rings. The van der Waals surface area contributed by atoms with Crippen LogP contribution in [0.15, 0.2) is 35.1 Å². The number of hydrogen-bond acceptors (Lipinski definition) is 3. The first-order valence-corrected chi connectivity index (χ1v) is 4.82. The van der Waals surface area contributed by atoms with E-state index in [1.54, 1.807) is 0 Å². The average molecular weight is 251 g/mol. The van der Waals surface area contributed by atoms with Crippen LogP contribution in [0.2, 0.25) is 0 Å². The van der Waals surface area contributed by atoms with Gasteiger partial charge in [0.1, 0.15) is 0 Å². The first-order valence-electron chi connectivity index (χ1n) is 3.97. The van der Waals surface area contributed by atoms with Gasteiger partial charge in [-0.2, -0.15) is 0 Å². The molecule has 4 nitrogen and oxygen atoms in total. The molecule has 2 aromatic rings. The fourth-order valence-corrected chi connectivity index (χ4v) is 1.39. The summed E-state index contributed by atoms with van der Waals surface area (Å²) in [7, 11) is 0. The van der Waals surface area contributed by atoms with Crippen molar-refractivity contribution >= 4 is 20.7 Å². The Morgan fingerprint density at radius 3 is 2.50 bits per heavy atom. The van der Waals surface area contributed by atoms with Gasteiger partial charge in [-0.05, 0) is 0 Å². The molecule has 14 heavy (non-hydrogen) atoms. The molecule has 0 spiro atoms. The van der Waals surface area contributed by atoms with Crippen molar-refractivity contribution in [2.24, 2.45) is 0 Å². The van der Waals surface area contributed by atoms with Crippen molar-refractivity contribution in [3.8, 4) is 11.3 Å². The number of H-pyrrole nitrogens is 1. The minimum absolute atomic E-state index is 0.236. The SMILES string of the molecule is O=c1[nH]c([Se])nnc1-c1ccccc1. The van der Waals surface area contributed by atoms with Gasteiger partial charge in [0.25, 0.3) is 0 Å². The second-order valence-electron chi connectivity index (χ2n) is 2.67. The Morgan fingerprint density at radius 2 is 1.86 bits per heavy atom. The summed E-state index contributed by atoms with van der Waals surface area (Å²) in [5, 5.41) is 7.58. The van der Waals surface area contributed by atoms with Gasteiger partial charge in [-0.25, -0.2) is 0 Å². The molecular weight excluding hydrogens is 245 g/mol. The maximum atomic E-state index is 11.5. The van der Waals surface area contributed by atoms with Crippen molar-refractivity contribution in [3.05, 3.63) is 40.7 Å². The minimum atomic E-state index is -0.236. The quantitative estimate of drug-likeness (QED) is 0.703. The molecule has 1 radical (unpaired) electrons. The third-order valence-corrected chi connectivity index (χ3v) is 2.11. The van der Waals surface area contributed by atoms with Crippen LogP contribution >= 0.6 is 0 Å². The molecule has 0 fully saturated rings. The maximum absolute atomic E-state index is 11.5. The van der Waals surface area contributed by atoms with Crippen molar-refractivity contribution in [2.75, 3.05) is 0 Å². The van der Waals surface area contributed by atoms with Crippen LogP contribution in [0.1, 0.15) is 0 Å². The average Bonchev–Trinajstić information content (AvgIpc) is 2.19. The van der Waals surface area contributed by atoms with Crippen LogP contribution < -0.4 is 10.3 Å². The van der Waals surface area contributed by atoms with E-state index in [4.69, 9.17) is 0 Å². The van der Waals surface area contributed by atoms with E-state index in [2.05, 4.69) is 31.2 Å². The fourth-order valence-electron chi connectivity index (χ4n) is 1.11. The van der Waals surface area contributed by atoms with Crippen molar-refractivity contribution in [1.82, 2.24) is 15.2 Å². The van der Waals surface area contributed by atoms with E-state index in [-0.39, 0.29) is 5.56 Å². The molecule has 0 saturated heterocycles. The fraction of sp³-hybridized carbons (Fsp3) is 0. The van der Waals surface area contributed by atoms with E-state index in [1.807, 2.05) is 30.3 Å². The zero-order valence-corrected chi connectivity index (χ0v) is 8.81. The van der Waals surface area contributed by atoms with E-state index in [0.29, 0.717) is 10.4 Å². The van der Waals surface area contributed by atoms with Gasteiger partial charge in [0.15, 0.2) is 0 Å². The molecule has 1 aromatic heterocycles. The molecule has 69 valence electrons. The van der Waals surface area contributed by atoms with Crippen molar-refractivity contribution in [3.63, 3.8) is 0 Å². The Balaban J connectivity index is 2.59. The summed E-state index contributed by atoms with van der Waals surface area (Å²) >= 11 is 2.59. The van der Waals surface area contributed by atoms with Crippen LogP contribution in [-0.2, 0) is 0 Å². The summed E-state index contributed by atoms with van der Waals surface area (Å²) in [6.07, 6.45) is 0. The molecule has 1 aromatic carbocycles. The third-order valence-electron chi connectivity index (χ3n) is 1.72. The summed E-state index contributed by atoms with van der Waals surface area (Å²) in [6.45, 7) is 0. The van der Waals surface area contributed by atoms with Crippen LogP contribution in [0.25, 0.3) is 11.3 Å². The van der Waals surface area contributed by atoms with Crippen LogP contribution in [0, 0.1) is 0 Å². The summed E-state index contributed by atoms with van der Waals surface area (Å²) in [6, 6.07) is 9.22. The summed E-state index contributed by atoms with van der Waals surface area (Å²) in [5.41, 5.74) is 0.866. The number of hydrogen-bond donors (Lipinski definition) is 1. The number of aromatic amines is 1. The first-order chi connectivity index (χ1) is 6.77. The van der Waals surface area contributed by atoms with Crippen molar-refractivity contribution < 1.29 is 0 Å². The Hall–Kier alpha value is -1.45. The van der Waals surface area contributed by atoms with Gasteiger partial charge in [-0.1, -0.05) is 0 Å². The molecule has 5 heteroatoms. The molecule has 0 unspecified atom stereocenters. The summed E-state index contributed by atoms with van der Waals surface area (Å²) in [4.78, 5) is 14.0. The van der Waals surface area contributed by atoms with Gasteiger partial charge in [-0.3, -0.25) is 0 Å². The van der Waals surface area contributed by atoms with Gasteiger partial charge in [0.05, 0.1) is 0 Å². The van der Waals surface area contributed by atoms with Gasteiger partial charge in [0, 0.05) is 0 Å². The van der Waals surface area contributed by atoms with Gasteiger partial charge >= 0.3 is 87.9 Å². The molecule has 0 aliphatic carbocycles. The van der Waals surface area contributed by atoms with Gasteiger partial charge in [0.2, 0.25) is 0 Å². The number of rotatable bonds is 1.